The molecule has 0 amide bonds. The summed E-state index contributed by atoms with van der Waals surface area (Å²) in [5, 5.41) is 6.19. The molecule has 0 fully saturated rings. The number of fused-ring (bicyclic) bond motifs is 1. The maximum atomic E-state index is 6.24. The van der Waals surface area contributed by atoms with Gasteiger partial charge in [0, 0.05) is 15.6 Å². The van der Waals surface area contributed by atoms with E-state index in [-0.39, 0.29) is 0 Å². The summed E-state index contributed by atoms with van der Waals surface area (Å²) in [7, 11) is 1.60. The van der Waals surface area contributed by atoms with E-state index < -0.39 is 0 Å². The molecule has 31 heavy (non-hydrogen) atoms. The summed E-state index contributed by atoms with van der Waals surface area (Å²) in [6.07, 6.45) is 1.72. The highest BCUT2D eigenvalue weighted by atomic mass is 127. The Morgan fingerprint density at radius 2 is 2.00 bits per heavy atom. The molecule has 0 saturated heterocycles. The average molecular weight is 584 g/mol. The van der Waals surface area contributed by atoms with Gasteiger partial charge in [-0.15, -0.1) is 0 Å². The normalized spacial score (nSPS) is 11.2. The van der Waals surface area contributed by atoms with Crippen molar-refractivity contribution in [3.63, 3.8) is 0 Å². The minimum Gasteiger partial charge on any atom is -0.493 e. The van der Waals surface area contributed by atoms with Gasteiger partial charge >= 0.3 is 0 Å². The summed E-state index contributed by atoms with van der Waals surface area (Å²) < 4.78 is 13.5. The van der Waals surface area contributed by atoms with Gasteiger partial charge in [-0.25, -0.2) is 4.98 Å². The average Bonchev–Trinajstić information content (AvgIpc) is 3.16. The first-order valence-electron chi connectivity index (χ1n) is 9.12. The van der Waals surface area contributed by atoms with Crippen molar-refractivity contribution in [1.29, 1.82) is 0 Å². The molecule has 9 heteroatoms. The smallest absolute Gasteiger partial charge is 0.204 e. The molecule has 0 aliphatic rings. The second kappa shape index (κ2) is 10.0. The molecule has 0 aliphatic carbocycles. The fourth-order valence-electron chi connectivity index (χ4n) is 2.83. The number of thiazole rings is 1. The molecule has 5 nitrogen and oxygen atoms in total. The second-order valence-corrected chi connectivity index (χ2v) is 9.45. The van der Waals surface area contributed by atoms with E-state index in [1.54, 1.807) is 36.8 Å². The third kappa shape index (κ3) is 5.41. The molecule has 4 aromatic rings. The number of nitrogens with one attached hydrogen (secondary N) is 1. The predicted molar refractivity (Wildman–Crippen MR) is 137 cm³/mol. The number of rotatable bonds is 7. The molecule has 3 aromatic carbocycles. The molecule has 0 radical (unpaired) electrons. The van der Waals surface area contributed by atoms with Crippen molar-refractivity contribution in [1.82, 2.24) is 4.98 Å². The molecule has 0 atom stereocenters. The zero-order chi connectivity index (χ0) is 21.8. The Labute approximate surface area is 207 Å². The number of aromatic nitrogens is 1. The van der Waals surface area contributed by atoms with E-state index in [2.05, 4.69) is 38.1 Å². The number of halogens is 3. The first-order valence-corrected chi connectivity index (χ1v) is 11.8. The molecule has 0 bridgehead atoms. The number of nitrogens with zero attached hydrogens (tertiary/aromatic N) is 2. The van der Waals surface area contributed by atoms with E-state index in [0.717, 1.165) is 30.0 Å². The van der Waals surface area contributed by atoms with Crippen LogP contribution in [0.25, 0.3) is 10.2 Å². The third-order valence-corrected chi connectivity index (χ3v) is 6.64. The van der Waals surface area contributed by atoms with Crippen molar-refractivity contribution in [2.24, 2.45) is 5.10 Å². The van der Waals surface area contributed by atoms with Gasteiger partial charge in [0.05, 0.1) is 27.1 Å². The minimum atomic E-state index is 0.301. The Bertz CT molecular complexity index is 1230. The number of methoxy groups -OCH3 is 1. The van der Waals surface area contributed by atoms with Crippen molar-refractivity contribution in [2.45, 2.75) is 6.61 Å². The molecule has 1 aromatic heterocycles. The lowest BCUT2D eigenvalue weighted by Crippen LogP contribution is -2.01. The van der Waals surface area contributed by atoms with Gasteiger partial charge in [0.2, 0.25) is 5.13 Å². The maximum Gasteiger partial charge on any atom is 0.204 e. The summed E-state index contributed by atoms with van der Waals surface area (Å²) in [4.78, 5) is 4.50. The van der Waals surface area contributed by atoms with E-state index in [0.29, 0.717) is 28.2 Å². The number of benzene rings is 3. The molecule has 0 spiro atoms. The number of hydrazone groups is 1. The largest absolute Gasteiger partial charge is 0.493 e. The van der Waals surface area contributed by atoms with Crippen LogP contribution < -0.4 is 14.9 Å². The molecule has 0 unspecified atom stereocenters. The van der Waals surface area contributed by atoms with Gasteiger partial charge in [0.25, 0.3) is 0 Å². The number of hydrogen-bond acceptors (Lipinski definition) is 6. The highest BCUT2D eigenvalue weighted by molar-refractivity contribution is 14.1. The lowest BCUT2D eigenvalue weighted by Gasteiger charge is -2.14. The standard InChI is InChI=1S/C22H16Cl2IN3O2S/c1-29-19-9-13(11-26-28-22-27-18-4-2-3-5-20(18)31-22)8-17(25)21(19)30-12-14-6-7-15(23)10-16(14)24/h2-11H,12H2,1H3,(H,27,28)/b26-11+. The van der Waals surface area contributed by atoms with Crippen LogP contribution in [0.2, 0.25) is 10.0 Å². The van der Waals surface area contributed by atoms with Crippen LogP contribution in [0.1, 0.15) is 11.1 Å². The van der Waals surface area contributed by atoms with Crippen LogP contribution >= 0.6 is 57.1 Å². The van der Waals surface area contributed by atoms with Gasteiger partial charge in [-0.1, -0.05) is 52.7 Å². The van der Waals surface area contributed by atoms with Gasteiger partial charge in [0.1, 0.15) is 6.61 Å². The molecule has 0 saturated carbocycles. The first kappa shape index (κ1) is 22.1. The lowest BCUT2D eigenvalue weighted by atomic mass is 10.2. The quantitative estimate of drug-likeness (QED) is 0.141. The van der Waals surface area contributed by atoms with Crippen LogP contribution in [0, 0.1) is 3.57 Å². The van der Waals surface area contributed by atoms with Crippen LogP contribution in [-0.4, -0.2) is 18.3 Å². The Kier molecular flexibility index (Phi) is 7.16. The van der Waals surface area contributed by atoms with Crippen LogP contribution in [0.3, 0.4) is 0 Å². The van der Waals surface area contributed by atoms with E-state index in [9.17, 15) is 0 Å². The molecule has 4 rings (SSSR count). The molecule has 1 N–H and O–H groups in total. The SMILES string of the molecule is COc1cc(/C=N/Nc2nc3ccccc3s2)cc(I)c1OCc1ccc(Cl)cc1Cl. The fraction of sp³-hybridized carbons (Fsp3) is 0.0909. The monoisotopic (exact) mass is 583 g/mol. The maximum absolute atomic E-state index is 6.24. The highest BCUT2D eigenvalue weighted by Crippen LogP contribution is 2.35. The van der Waals surface area contributed by atoms with Crippen molar-refractivity contribution in [2.75, 3.05) is 12.5 Å². The van der Waals surface area contributed by atoms with Crippen LogP contribution in [0.4, 0.5) is 5.13 Å². The zero-order valence-corrected chi connectivity index (χ0v) is 20.7. The summed E-state index contributed by atoms with van der Waals surface area (Å²) in [6, 6.07) is 17.1. The van der Waals surface area contributed by atoms with Gasteiger partial charge in [-0.3, -0.25) is 5.43 Å². The molecular weight excluding hydrogens is 568 g/mol. The minimum absolute atomic E-state index is 0.301. The predicted octanol–water partition coefficient (Wildman–Crippen LogP) is 7.24. The van der Waals surface area contributed by atoms with Crippen LogP contribution in [-0.2, 0) is 6.61 Å². The molecule has 0 aliphatic heterocycles. The van der Waals surface area contributed by atoms with Crippen LogP contribution in [0.5, 0.6) is 11.5 Å². The molecular formula is C22H16Cl2IN3O2S. The topological polar surface area (TPSA) is 55.7 Å². The molecule has 158 valence electrons. The van der Waals surface area contributed by atoms with E-state index in [1.165, 1.54) is 0 Å². The van der Waals surface area contributed by atoms with Gasteiger partial charge in [-0.05, 0) is 64.6 Å². The highest BCUT2D eigenvalue weighted by Gasteiger charge is 2.13. The van der Waals surface area contributed by atoms with Crippen molar-refractivity contribution < 1.29 is 9.47 Å². The van der Waals surface area contributed by atoms with Gasteiger partial charge in [0.15, 0.2) is 11.5 Å². The first-order chi connectivity index (χ1) is 15.0. The number of ether oxygens (including phenoxy) is 2. The zero-order valence-electron chi connectivity index (χ0n) is 16.2. The van der Waals surface area contributed by atoms with Crippen molar-refractivity contribution in [3.8, 4) is 11.5 Å². The van der Waals surface area contributed by atoms with Crippen LogP contribution in [0.15, 0.2) is 59.7 Å². The summed E-state index contributed by atoms with van der Waals surface area (Å²) in [5.74, 6) is 1.25. The summed E-state index contributed by atoms with van der Waals surface area (Å²) >= 11 is 16.0. The second-order valence-electron chi connectivity index (χ2n) is 6.42. The summed E-state index contributed by atoms with van der Waals surface area (Å²) in [6.45, 7) is 0.301. The lowest BCUT2D eigenvalue weighted by molar-refractivity contribution is 0.282. The van der Waals surface area contributed by atoms with Crippen molar-refractivity contribution >= 4 is 78.7 Å². The van der Waals surface area contributed by atoms with Crippen molar-refractivity contribution in [3.05, 3.63) is 79.3 Å². The number of para-hydroxylation sites is 1. The number of hydrogen-bond donors (Lipinski definition) is 1. The molecule has 1 heterocycles. The Hall–Kier alpha value is -2.07. The Balaban J connectivity index is 1.48. The van der Waals surface area contributed by atoms with Gasteiger partial charge < -0.3 is 9.47 Å². The summed E-state index contributed by atoms with van der Waals surface area (Å²) in [5.41, 5.74) is 5.65. The van der Waals surface area contributed by atoms with E-state index in [4.69, 9.17) is 32.7 Å². The fourth-order valence-corrected chi connectivity index (χ4v) is 4.88. The Morgan fingerprint density at radius 1 is 1.16 bits per heavy atom. The van der Waals surface area contributed by atoms with Gasteiger partial charge in [-0.2, -0.15) is 5.10 Å². The van der Waals surface area contributed by atoms with E-state index in [1.807, 2.05) is 42.5 Å². The third-order valence-electron chi connectivity index (χ3n) is 4.31. The Morgan fingerprint density at radius 3 is 2.77 bits per heavy atom. The number of anilines is 1. The van der Waals surface area contributed by atoms with E-state index >= 15 is 0 Å².